The van der Waals surface area contributed by atoms with Crippen molar-refractivity contribution in [2.45, 2.75) is 40.7 Å². The van der Waals surface area contributed by atoms with E-state index in [1.807, 2.05) is 45.9 Å². The Labute approximate surface area is 188 Å². The normalized spacial score (nSPS) is 11.3. The van der Waals surface area contributed by atoms with E-state index in [4.69, 9.17) is 14.2 Å². The summed E-state index contributed by atoms with van der Waals surface area (Å²) in [7, 11) is 0. The molecule has 2 N–H and O–H groups in total. The lowest BCUT2D eigenvalue weighted by molar-refractivity contribution is -0.152. The van der Waals surface area contributed by atoms with Gasteiger partial charge < -0.3 is 24.8 Å². The van der Waals surface area contributed by atoms with Crippen molar-refractivity contribution in [3.8, 4) is 11.5 Å². The number of amides is 2. The summed E-state index contributed by atoms with van der Waals surface area (Å²) in [6.45, 7) is 9.45. The number of esters is 1. The van der Waals surface area contributed by atoms with E-state index in [1.54, 1.807) is 18.2 Å². The molecule has 0 heterocycles. The van der Waals surface area contributed by atoms with E-state index in [0.717, 1.165) is 11.1 Å². The van der Waals surface area contributed by atoms with Crippen molar-refractivity contribution in [1.29, 1.82) is 0 Å². The van der Waals surface area contributed by atoms with Gasteiger partial charge in [-0.25, -0.2) is 0 Å². The third-order valence-electron chi connectivity index (χ3n) is 4.53. The predicted molar refractivity (Wildman–Crippen MR) is 121 cm³/mol. The van der Waals surface area contributed by atoms with Crippen LogP contribution in [-0.4, -0.2) is 43.6 Å². The quantitative estimate of drug-likeness (QED) is 0.547. The molecular formula is C24H30N2O6. The SMILES string of the molecule is CCOc1ccc(C(=O)NCC(=O)OC(C)C(=O)Nc2cc(C)ccc2C)cc1OCC. The lowest BCUT2D eigenvalue weighted by atomic mass is 10.1. The number of carbonyl (C=O) groups excluding carboxylic acids is 3. The molecule has 1 atom stereocenters. The number of benzene rings is 2. The van der Waals surface area contributed by atoms with E-state index < -0.39 is 23.9 Å². The second-order valence-electron chi connectivity index (χ2n) is 7.15. The Bertz CT molecular complexity index is 973. The molecule has 2 amide bonds. The molecule has 2 aromatic rings. The van der Waals surface area contributed by atoms with Gasteiger partial charge in [0, 0.05) is 11.3 Å². The second kappa shape index (κ2) is 11.7. The maximum absolute atomic E-state index is 12.4. The van der Waals surface area contributed by atoms with E-state index in [-0.39, 0.29) is 6.54 Å². The monoisotopic (exact) mass is 442 g/mol. The highest BCUT2D eigenvalue weighted by Gasteiger charge is 2.19. The minimum atomic E-state index is -1.02. The van der Waals surface area contributed by atoms with Crippen LogP contribution >= 0.6 is 0 Å². The highest BCUT2D eigenvalue weighted by atomic mass is 16.5. The van der Waals surface area contributed by atoms with Crippen molar-refractivity contribution in [3.63, 3.8) is 0 Å². The van der Waals surface area contributed by atoms with Gasteiger partial charge in [0.1, 0.15) is 6.54 Å². The average molecular weight is 443 g/mol. The molecular weight excluding hydrogens is 412 g/mol. The van der Waals surface area contributed by atoms with Gasteiger partial charge in [0.15, 0.2) is 17.6 Å². The predicted octanol–water partition coefficient (Wildman–Crippen LogP) is 3.40. The first-order valence-electron chi connectivity index (χ1n) is 10.5. The molecule has 0 aliphatic rings. The van der Waals surface area contributed by atoms with Crippen molar-refractivity contribution < 1.29 is 28.6 Å². The van der Waals surface area contributed by atoms with Gasteiger partial charge in [0.05, 0.1) is 13.2 Å². The molecule has 1 unspecified atom stereocenters. The zero-order valence-electron chi connectivity index (χ0n) is 19.1. The standard InChI is InChI=1S/C24H30N2O6/c1-6-30-20-11-10-18(13-21(20)31-7-2)24(29)25-14-22(27)32-17(5)23(28)26-19-12-15(3)8-9-16(19)4/h8-13,17H,6-7,14H2,1-5H3,(H,25,29)(H,26,28). The minimum Gasteiger partial charge on any atom is -0.490 e. The third kappa shape index (κ3) is 7.01. The molecule has 0 saturated heterocycles. The van der Waals surface area contributed by atoms with Crippen molar-refractivity contribution in [3.05, 3.63) is 53.1 Å². The molecule has 32 heavy (non-hydrogen) atoms. The maximum atomic E-state index is 12.4. The topological polar surface area (TPSA) is 103 Å². The molecule has 0 saturated carbocycles. The maximum Gasteiger partial charge on any atom is 0.326 e. The molecule has 0 aliphatic heterocycles. The van der Waals surface area contributed by atoms with Gasteiger partial charge in [-0.15, -0.1) is 0 Å². The fraction of sp³-hybridized carbons (Fsp3) is 0.375. The number of anilines is 1. The van der Waals surface area contributed by atoms with Crippen molar-refractivity contribution in [1.82, 2.24) is 5.32 Å². The smallest absolute Gasteiger partial charge is 0.326 e. The van der Waals surface area contributed by atoms with Gasteiger partial charge in [-0.05, 0) is 70.0 Å². The first kappa shape index (κ1) is 24.7. The van der Waals surface area contributed by atoms with Crippen molar-refractivity contribution in [2.75, 3.05) is 25.1 Å². The largest absolute Gasteiger partial charge is 0.490 e. The Kier molecular flexibility index (Phi) is 9.07. The van der Waals surface area contributed by atoms with Crippen LogP contribution in [0.2, 0.25) is 0 Å². The Balaban J connectivity index is 1.90. The number of hydrogen-bond acceptors (Lipinski definition) is 6. The highest BCUT2D eigenvalue weighted by Crippen LogP contribution is 2.28. The minimum absolute atomic E-state index is 0.311. The lowest BCUT2D eigenvalue weighted by Crippen LogP contribution is -2.36. The number of nitrogens with one attached hydrogen (secondary N) is 2. The summed E-state index contributed by atoms with van der Waals surface area (Å²) in [5.74, 6) is -0.669. The fourth-order valence-corrected chi connectivity index (χ4v) is 2.84. The number of aryl methyl sites for hydroxylation is 2. The zero-order valence-corrected chi connectivity index (χ0v) is 19.1. The molecule has 0 aliphatic carbocycles. The molecule has 2 aromatic carbocycles. The van der Waals surface area contributed by atoms with Gasteiger partial charge in [-0.1, -0.05) is 12.1 Å². The zero-order chi connectivity index (χ0) is 23.7. The summed E-state index contributed by atoms with van der Waals surface area (Å²) >= 11 is 0. The summed E-state index contributed by atoms with van der Waals surface area (Å²) in [4.78, 5) is 36.9. The van der Waals surface area contributed by atoms with Gasteiger partial charge >= 0.3 is 5.97 Å². The summed E-state index contributed by atoms with van der Waals surface area (Å²) in [5.41, 5.74) is 2.87. The number of rotatable bonds is 10. The number of carbonyl (C=O) groups is 3. The molecule has 8 heteroatoms. The molecule has 172 valence electrons. The van der Waals surface area contributed by atoms with Crippen LogP contribution in [0, 0.1) is 13.8 Å². The molecule has 0 bridgehead atoms. The molecule has 0 spiro atoms. The van der Waals surface area contributed by atoms with E-state index in [2.05, 4.69) is 10.6 Å². The summed E-state index contributed by atoms with van der Waals surface area (Å²) < 4.78 is 16.1. The Hall–Kier alpha value is -3.55. The fourth-order valence-electron chi connectivity index (χ4n) is 2.84. The van der Waals surface area contributed by atoms with Crippen LogP contribution in [0.1, 0.15) is 42.3 Å². The highest BCUT2D eigenvalue weighted by molar-refractivity contribution is 5.98. The van der Waals surface area contributed by atoms with Gasteiger partial charge in [-0.3, -0.25) is 14.4 Å². The second-order valence-corrected chi connectivity index (χ2v) is 7.15. The van der Waals surface area contributed by atoms with Crippen molar-refractivity contribution >= 4 is 23.5 Å². The Morgan fingerprint density at radius 2 is 1.62 bits per heavy atom. The van der Waals surface area contributed by atoms with E-state index >= 15 is 0 Å². The Morgan fingerprint density at radius 3 is 2.31 bits per heavy atom. The number of hydrogen-bond donors (Lipinski definition) is 2. The van der Waals surface area contributed by atoms with Crippen molar-refractivity contribution in [2.24, 2.45) is 0 Å². The number of ether oxygens (including phenoxy) is 3. The van der Waals surface area contributed by atoms with Crippen LogP contribution in [0.5, 0.6) is 11.5 Å². The van der Waals surface area contributed by atoms with Gasteiger partial charge in [0.25, 0.3) is 11.8 Å². The first-order valence-corrected chi connectivity index (χ1v) is 10.5. The van der Waals surface area contributed by atoms with Crippen LogP contribution in [-0.2, 0) is 14.3 Å². The molecule has 2 rings (SSSR count). The van der Waals surface area contributed by atoms with Crippen LogP contribution < -0.4 is 20.1 Å². The molecule has 0 aromatic heterocycles. The van der Waals surface area contributed by atoms with Gasteiger partial charge in [0.2, 0.25) is 0 Å². The van der Waals surface area contributed by atoms with Crippen LogP contribution in [0.25, 0.3) is 0 Å². The van der Waals surface area contributed by atoms with E-state index in [9.17, 15) is 14.4 Å². The molecule has 8 nitrogen and oxygen atoms in total. The summed E-state index contributed by atoms with van der Waals surface area (Å²) in [5, 5.41) is 5.24. The van der Waals surface area contributed by atoms with Gasteiger partial charge in [-0.2, -0.15) is 0 Å². The molecule has 0 fully saturated rings. The summed E-state index contributed by atoms with van der Waals surface area (Å²) in [6, 6.07) is 10.5. The summed E-state index contributed by atoms with van der Waals surface area (Å²) in [6.07, 6.45) is -1.02. The van der Waals surface area contributed by atoms with Crippen LogP contribution in [0.4, 0.5) is 5.69 Å². The third-order valence-corrected chi connectivity index (χ3v) is 4.53. The van der Waals surface area contributed by atoms with E-state index in [1.165, 1.54) is 6.92 Å². The first-order chi connectivity index (χ1) is 15.2. The van der Waals surface area contributed by atoms with Crippen LogP contribution in [0.3, 0.4) is 0 Å². The molecule has 0 radical (unpaired) electrons. The van der Waals surface area contributed by atoms with Crippen LogP contribution in [0.15, 0.2) is 36.4 Å². The average Bonchev–Trinajstić information content (AvgIpc) is 2.76. The lowest BCUT2D eigenvalue weighted by Gasteiger charge is -2.15. The Morgan fingerprint density at radius 1 is 0.938 bits per heavy atom. The van der Waals surface area contributed by atoms with E-state index in [0.29, 0.717) is 36.0 Å².